The molecule has 1 heterocycles. The zero-order valence-electron chi connectivity index (χ0n) is 9.67. The first-order valence-corrected chi connectivity index (χ1v) is 5.80. The maximum absolute atomic E-state index is 11.8. The summed E-state index contributed by atoms with van der Waals surface area (Å²) in [7, 11) is 0. The van der Waals surface area contributed by atoms with Crippen LogP contribution in [0, 0.1) is 12.3 Å². The first kappa shape index (κ1) is 13.1. The molecule has 0 fully saturated rings. The van der Waals surface area contributed by atoms with Crippen LogP contribution in [0.15, 0.2) is 16.7 Å². The summed E-state index contributed by atoms with van der Waals surface area (Å²) < 4.78 is 0.920. The lowest BCUT2D eigenvalue weighted by Crippen LogP contribution is -2.37. The lowest BCUT2D eigenvalue weighted by Gasteiger charge is -2.20. The molecule has 0 spiro atoms. The van der Waals surface area contributed by atoms with E-state index in [1.54, 1.807) is 20.0 Å². The van der Waals surface area contributed by atoms with E-state index < -0.39 is 5.41 Å². The Bertz CT molecular complexity index is 404. The molecule has 0 aliphatic carbocycles. The molecule has 0 atom stereocenters. The molecular weight excluding hydrogens is 270 g/mol. The molecule has 1 rings (SSSR count). The van der Waals surface area contributed by atoms with Crippen molar-refractivity contribution >= 4 is 27.7 Å². The number of pyridine rings is 1. The van der Waals surface area contributed by atoms with Crippen LogP contribution in [-0.2, 0) is 4.79 Å². The van der Waals surface area contributed by atoms with E-state index in [4.69, 9.17) is 5.73 Å². The van der Waals surface area contributed by atoms with Crippen LogP contribution in [0.4, 0.5) is 5.82 Å². The lowest BCUT2D eigenvalue weighted by molar-refractivity contribution is -0.123. The van der Waals surface area contributed by atoms with Crippen LogP contribution in [0.5, 0.6) is 0 Å². The number of nitrogens with one attached hydrogen (secondary N) is 1. The summed E-state index contributed by atoms with van der Waals surface area (Å²) in [5.74, 6) is 0.427. The second-order valence-corrected chi connectivity index (χ2v) is 5.22. The van der Waals surface area contributed by atoms with E-state index in [9.17, 15) is 4.79 Å². The number of hydrogen-bond acceptors (Lipinski definition) is 3. The number of nitrogens with zero attached hydrogens (tertiary/aromatic N) is 1. The number of halogens is 1. The molecule has 1 aromatic heterocycles. The molecule has 0 saturated heterocycles. The van der Waals surface area contributed by atoms with Gasteiger partial charge in [-0.25, -0.2) is 4.98 Å². The van der Waals surface area contributed by atoms with Gasteiger partial charge in [0.1, 0.15) is 5.82 Å². The molecule has 88 valence electrons. The Kier molecular flexibility index (Phi) is 4.04. The standard InChI is InChI=1S/C11H16BrN3O/c1-7-4-9(14-5-8(7)12)15-10(16)11(2,3)6-13/h4-5H,6,13H2,1-3H3,(H,14,15,16). The zero-order chi connectivity index (χ0) is 12.3. The number of aryl methyl sites for hydroxylation is 1. The fourth-order valence-electron chi connectivity index (χ4n) is 0.986. The Balaban J connectivity index is 2.82. The topological polar surface area (TPSA) is 68.0 Å². The normalized spacial score (nSPS) is 11.3. The number of hydrogen-bond donors (Lipinski definition) is 2. The fraction of sp³-hybridized carbons (Fsp3) is 0.455. The number of aromatic nitrogens is 1. The first-order chi connectivity index (χ1) is 7.36. The van der Waals surface area contributed by atoms with Crippen LogP contribution in [-0.4, -0.2) is 17.4 Å². The Hall–Kier alpha value is -0.940. The molecule has 16 heavy (non-hydrogen) atoms. The second-order valence-electron chi connectivity index (χ2n) is 4.36. The third kappa shape index (κ3) is 3.02. The minimum Gasteiger partial charge on any atom is -0.329 e. The number of carbonyl (C=O) groups is 1. The number of amides is 1. The molecule has 0 unspecified atom stereocenters. The summed E-state index contributed by atoms with van der Waals surface area (Å²) in [5, 5.41) is 2.75. The van der Waals surface area contributed by atoms with Crippen molar-refractivity contribution in [1.82, 2.24) is 4.98 Å². The van der Waals surface area contributed by atoms with Gasteiger partial charge in [-0.05, 0) is 48.3 Å². The van der Waals surface area contributed by atoms with Crippen molar-refractivity contribution in [3.05, 3.63) is 22.3 Å². The van der Waals surface area contributed by atoms with Crippen molar-refractivity contribution in [1.29, 1.82) is 0 Å². The van der Waals surface area contributed by atoms with E-state index in [1.165, 1.54) is 0 Å². The molecule has 0 aliphatic rings. The summed E-state index contributed by atoms with van der Waals surface area (Å²) in [5.41, 5.74) is 5.97. The summed E-state index contributed by atoms with van der Waals surface area (Å²) in [6, 6.07) is 1.81. The van der Waals surface area contributed by atoms with Gasteiger partial charge in [0, 0.05) is 17.2 Å². The van der Waals surface area contributed by atoms with Gasteiger partial charge < -0.3 is 11.1 Å². The average Bonchev–Trinajstić information content (AvgIpc) is 2.23. The second kappa shape index (κ2) is 4.93. The SMILES string of the molecule is Cc1cc(NC(=O)C(C)(C)CN)ncc1Br. The lowest BCUT2D eigenvalue weighted by atomic mass is 9.93. The highest BCUT2D eigenvalue weighted by Gasteiger charge is 2.26. The summed E-state index contributed by atoms with van der Waals surface area (Å²) in [4.78, 5) is 15.9. The van der Waals surface area contributed by atoms with Gasteiger partial charge in [0.25, 0.3) is 0 Å². The van der Waals surface area contributed by atoms with Crippen molar-refractivity contribution in [3.8, 4) is 0 Å². The van der Waals surface area contributed by atoms with Gasteiger partial charge in [0.15, 0.2) is 0 Å². The Morgan fingerprint density at radius 3 is 2.75 bits per heavy atom. The minimum absolute atomic E-state index is 0.121. The van der Waals surface area contributed by atoms with Gasteiger partial charge >= 0.3 is 0 Å². The van der Waals surface area contributed by atoms with Gasteiger partial charge in [0.2, 0.25) is 5.91 Å². The molecule has 5 heteroatoms. The predicted octanol–water partition coefficient (Wildman–Crippen LogP) is 2.08. The molecule has 0 radical (unpaired) electrons. The third-order valence-electron chi connectivity index (χ3n) is 2.41. The molecular formula is C11H16BrN3O. The maximum Gasteiger partial charge on any atom is 0.232 e. The average molecular weight is 286 g/mol. The van der Waals surface area contributed by atoms with Gasteiger partial charge in [-0.3, -0.25) is 4.79 Å². The molecule has 3 N–H and O–H groups in total. The summed E-state index contributed by atoms with van der Waals surface area (Å²) in [6.45, 7) is 5.84. The Morgan fingerprint density at radius 1 is 1.62 bits per heavy atom. The molecule has 1 aromatic rings. The number of anilines is 1. The highest BCUT2D eigenvalue weighted by Crippen LogP contribution is 2.20. The van der Waals surface area contributed by atoms with Crippen LogP contribution >= 0.6 is 15.9 Å². The summed E-state index contributed by atoms with van der Waals surface area (Å²) >= 11 is 3.35. The quantitative estimate of drug-likeness (QED) is 0.893. The third-order valence-corrected chi connectivity index (χ3v) is 3.24. The van der Waals surface area contributed by atoms with E-state index in [-0.39, 0.29) is 5.91 Å². The molecule has 0 aromatic carbocycles. The predicted molar refractivity (Wildman–Crippen MR) is 68.1 cm³/mol. The number of carbonyl (C=O) groups excluding carboxylic acids is 1. The Labute approximate surface area is 104 Å². The molecule has 0 bridgehead atoms. The smallest absolute Gasteiger partial charge is 0.232 e. The monoisotopic (exact) mass is 285 g/mol. The van der Waals surface area contributed by atoms with E-state index in [0.717, 1.165) is 10.0 Å². The van der Waals surface area contributed by atoms with E-state index in [1.807, 2.05) is 13.0 Å². The Morgan fingerprint density at radius 2 is 2.25 bits per heavy atom. The molecule has 1 amide bonds. The van der Waals surface area contributed by atoms with E-state index in [0.29, 0.717) is 12.4 Å². The maximum atomic E-state index is 11.8. The first-order valence-electron chi connectivity index (χ1n) is 5.00. The highest BCUT2D eigenvalue weighted by molar-refractivity contribution is 9.10. The molecule has 4 nitrogen and oxygen atoms in total. The largest absolute Gasteiger partial charge is 0.329 e. The van der Waals surface area contributed by atoms with E-state index in [2.05, 4.69) is 26.2 Å². The van der Waals surface area contributed by atoms with Crippen LogP contribution in [0.25, 0.3) is 0 Å². The van der Waals surface area contributed by atoms with Crippen LogP contribution in [0.3, 0.4) is 0 Å². The van der Waals surface area contributed by atoms with Gasteiger partial charge in [-0.1, -0.05) is 0 Å². The minimum atomic E-state index is -0.581. The van der Waals surface area contributed by atoms with Crippen molar-refractivity contribution in [2.45, 2.75) is 20.8 Å². The molecule has 0 saturated carbocycles. The van der Waals surface area contributed by atoms with Crippen LogP contribution in [0.1, 0.15) is 19.4 Å². The van der Waals surface area contributed by atoms with Gasteiger partial charge in [-0.15, -0.1) is 0 Å². The number of rotatable bonds is 3. The fourth-order valence-corrected chi connectivity index (χ4v) is 1.20. The van der Waals surface area contributed by atoms with Gasteiger partial charge in [-0.2, -0.15) is 0 Å². The van der Waals surface area contributed by atoms with Crippen molar-refractivity contribution in [2.75, 3.05) is 11.9 Å². The van der Waals surface area contributed by atoms with Crippen molar-refractivity contribution in [3.63, 3.8) is 0 Å². The van der Waals surface area contributed by atoms with Gasteiger partial charge in [0.05, 0.1) is 5.41 Å². The zero-order valence-corrected chi connectivity index (χ0v) is 11.3. The highest BCUT2D eigenvalue weighted by atomic mass is 79.9. The summed E-state index contributed by atoms with van der Waals surface area (Å²) in [6.07, 6.45) is 1.67. The van der Waals surface area contributed by atoms with Crippen molar-refractivity contribution < 1.29 is 4.79 Å². The molecule has 0 aliphatic heterocycles. The van der Waals surface area contributed by atoms with Crippen molar-refractivity contribution in [2.24, 2.45) is 11.1 Å². The van der Waals surface area contributed by atoms with Crippen LogP contribution < -0.4 is 11.1 Å². The van der Waals surface area contributed by atoms with Crippen LogP contribution in [0.2, 0.25) is 0 Å². The number of nitrogens with two attached hydrogens (primary N) is 1. The van der Waals surface area contributed by atoms with E-state index >= 15 is 0 Å².